The van der Waals surface area contributed by atoms with Gasteiger partial charge in [0.15, 0.2) is 0 Å². The van der Waals surface area contributed by atoms with Crippen LogP contribution in [0.25, 0.3) is 0 Å². The van der Waals surface area contributed by atoms with Crippen molar-refractivity contribution < 1.29 is 4.79 Å². The summed E-state index contributed by atoms with van der Waals surface area (Å²) in [7, 11) is 0. The number of carbonyl (C=O) groups is 1. The molecule has 0 bridgehead atoms. The molecule has 20 heavy (non-hydrogen) atoms. The number of hydrogen-bond acceptors (Lipinski definition) is 1. The van der Waals surface area contributed by atoms with Crippen molar-refractivity contribution in [1.29, 1.82) is 0 Å². The molecule has 2 heteroatoms. The zero-order valence-corrected chi connectivity index (χ0v) is 15.1. The van der Waals surface area contributed by atoms with E-state index in [-0.39, 0.29) is 16.9 Å². The number of rotatable bonds is 9. The normalized spacial score (nSPS) is 16.9. The first-order valence-electron chi connectivity index (χ1n) is 8.55. The average molecular weight is 284 g/mol. The zero-order chi connectivity index (χ0) is 16.0. The van der Waals surface area contributed by atoms with Crippen molar-refractivity contribution in [2.45, 2.75) is 93.0 Å². The van der Waals surface area contributed by atoms with Crippen LogP contribution in [0.2, 0.25) is 0 Å². The molecule has 0 heterocycles. The summed E-state index contributed by atoms with van der Waals surface area (Å²) in [5.74, 6) is 1.32. The highest BCUT2D eigenvalue weighted by molar-refractivity contribution is 5.82. The molecule has 0 fully saturated rings. The molecule has 0 aromatic heterocycles. The van der Waals surface area contributed by atoms with Crippen LogP contribution in [0.1, 0.15) is 87.5 Å². The fraction of sp³-hybridized carbons (Fsp3) is 0.944. The van der Waals surface area contributed by atoms with Gasteiger partial charge in [0.25, 0.3) is 0 Å². The summed E-state index contributed by atoms with van der Waals surface area (Å²) in [6, 6.07) is 0. The van der Waals surface area contributed by atoms with E-state index in [1.165, 1.54) is 0 Å². The molecule has 0 aliphatic rings. The van der Waals surface area contributed by atoms with Crippen LogP contribution in [0.15, 0.2) is 0 Å². The van der Waals surface area contributed by atoms with Crippen molar-refractivity contribution in [2.24, 2.45) is 17.3 Å². The van der Waals surface area contributed by atoms with Crippen LogP contribution in [0, 0.1) is 17.3 Å². The van der Waals surface area contributed by atoms with Gasteiger partial charge in [0, 0.05) is 11.0 Å². The second kappa shape index (κ2) is 8.05. The summed E-state index contributed by atoms with van der Waals surface area (Å²) in [6.45, 7) is 17.6. The van der Waals surface area contributed by atoms with Crippen molar-refractivity contribution in [3.05, 3.63) is 0 Å². The lowest BCUT2D eigenvalue weighted by molar-refractivity contribution is -0.134. The van der Waals surface area contributed by atoms with Gasteiger partial charge in [-0.1, -0.05) is 61.8 Å². The Hall–Kier alpha value is -0.530. The second-order valence-corrected chi connectivity index (χ2v) is 7.01. The maximum Gasteiger partial charge on any atom is 0.226 e. The van der Waals surface area contributed by atoms with Crippen LogP contribution in [-0.4, -0.2) is 11.4 Å². The van der Waals surface area contributed by atoms with Crippen LogP contribution in [0.4, 0.5) is 0 Å². The Morgan fingerprint density at radius 2 is 1.50 bits per heavy atom. The number of nitrogens with one attached hydrogen (secondary N) is 1. The summed E-state index contributed by atoms with van der Waals surface area (Å²) in [5, 5.41) is 3.45. The molecular weight excluding hydrogens is 246 g/mol. The molecule has 0 spiro atoms. The van der Waals surface area contributed by atoms with Crippen molar-refractivity contribution >= 4 is 5.91 Å². The maximum absolute atomic E-state index is 12.8. The minimum absolute atomic E-state index is 0.0601. The van der Waals surface area contributed by atoms with E-state index in [9.17, 15) is 4.79 Å². The van der Waals surface area contributed by atoms with Crippen LogP contribution >= 0.6 is 0 Å². The highest BCUT2D eigenvalue weighted by atomic mass is 16.2. The summed E-state index contributed by atoms with van der Waals surface area (Å²) in [5.41, 5.74) is -0.281. The average Bonchev–Trinajstić information content (AvgIpc) is 2.43. The first-order valence-corrected chi connectivity index (χ1v) is 8.55. The first-order chi connectivity index (χ1) is 9.22. The third-order valence-corrected chi connectivity index (χ3v) is 5.63. The predicted molar refractivity (Wildman–Crippen MR) is 88.8 cm³/mol. The molecule has 2 nitrogen and oxygen atoms in total. The molecule has 0 aliphatic carbocycles. The molecule has 120 valence electrons. The van der Waals surface area contributed by atoms with Gasteiger partial charge in [-0.3, -0.25) is 4.79 Å². The zero-order valence-electron chi connectivity index (χ0n) is 15.1. The van der Waals surface area contributed by atoms with Gasteiger partial charge in [0.2, 0.25) is 5.91 Å². The monoisotopic (exact) mass is 283 g/mol. The lowest BCUT2D eigenvalue weighted by Gasteiger charge is -2.43. The lowest BCUT2D eigenvalue weighted by Crippen LogP contribution is -2.57. The van der Waals surface area contributed by atoms with Gasteiger partial charge >= 0.3 is 0 Å². The molecular formula is C18H37NO. The minimum Gasteiger partial charge on any atom is -0.350 e. The van der Waals surface area contributed by atoms with E-state index in [2.05, 4.69) is 60.7 Å². The Balaban J connectivity index is 5.22. The molecule has 0 radical (unpaired) electrons. The molecule has 0 saturated heterocycles. The molecule has 0 rings (SSSR count). The maximum atomic E-state index is 12.8. The fourth-order valence-electron chi connectivity index (χ4n) is 3.20. The number of hydrogen-bond donors (Lipinski definition) is 1. The topological polar surface area (TPSA) is 29.1 Å². The van der Waals surface area contributed by atoms with E-state index in [0.29, 0.717) is 11.8 Å². The molecule has 2 atom stereocenters. The van der Waals surface area contributed by atoms with E-state index in [4.69, 9.17) is 0 Å². The van der Waals surface area contributed by atoms with Gasteiger partial charge in [-0.2, -0.15) is 0 Å². The van der Waals surface area contributed by atoms with E-state index in [1.807, 2.05) is 0 Å². The summed E-state index contributed by atoms with van der Waals surface area (Å²) in [6.07, 6.45) is 4.94. The smallest absolute Gasteiger partial charge is 0.226 e. The van der Waals surface area contributed by atoms with E-state index in [0.717, 1.165) is 32.1 Å². The Morgan fingerprint density at radius 1 is 1.00 bits per heavy atom. The summed E-state index contributed by atoms with van der Waals surface area (Å²) >= 11 is 0. The highest BCUT2D eigenvalue weighted by Gasteiger charge is 2.40. The third kappa shape index (κ3) is 4.23. The Labute approximate surface area is 127 Å². The van der Waals surface area contributed by atoms with Gasteiger partial charge in [-0.05, 0) is 37.5 Å². The Morgan fingerprint density at radius 3 is 1.80 bits per heavy atom. The Bertz CT molecular complexity index is 294. The van der Waals surface area contributed by atoms with Crippen molar-refractivity contribution in [1.82, 2.24) is 5.32 Å². The lowest BCUT2D eigenvalue weighted by atomic mass is 9.73. The number of carbonyl (C=O) groups excluding carboxylic acids is 1. The highest BCUT2D eigenvalue weighted by Crippen LogP contribution is 2.34. The van der Waals surface area contributed by atoms with Crippen LogP contribution in [0.3, 0.4) is 0 Å². The van der Waals surface area contributed by atoms with Gasteiger partial charge in [-0.15, -0.1) is 0 Å². The van der Waals surface area contributed by atoms with Crippen molar-refractivity contribution in [3.63, 3.8) is 0 Å². The number of amides is 1. The van der Waals surface area contributed by atoms with Gasteiger partial charge in [0.05, 0.1) is 0 Å². The molecule has 0 aromatic rings. The van der Waals surface area contributed by atoms with Crippen LogP contribution in [0.5, 0.6) is 0 Å². The minimum atomic E-state index is -0.221. The van der Waals surface area contributed by atoms with Crippen molar-refractivity contribution in [3.8, 4) is 0 Å². The third-order valence-electron chi connectivity index (χ3n) is 5.63. The van der Waals surface area contributed by atoms with E-state index < -0.39 is 0 Å². The van der Waals surface area contributed by atoms with Crippen molar-refractivity contribution in [2.75, 3.05) is 0 Å². The van der Waals surface area contributed by atoms with Gasteiger partial charge < -0.3 is 5.32 Å². The van der Waals surface area contributed by atoms with E-state index in [1.54, 1.807) is 0 Å². The predicted octanol–water partition coefficient (Wildman–Crippen LogP) is 5.17. The first kappa shape index (κ1) is 19.5. The molecule has 0 saturated carbocycles. The molecule has 1 N–H and O–H groups in total. The SMILES string of the molecule is CCCC(C)(CC)C(=O)NC(CC)(CC)C(C)C(C)C. The van der Waals surface area contributed by atoms with Gasteiger partial charge in [0.1, 0.15) is 0 Å². The molecule has 2 unspecified atom stereocenters. The van der Waals surface area contributed by atoms with Crippen LogP contribution in [-0.2, 0) is 4.79 Å². The fourth-order valence-corrected chi connectivity index (χ4v) is 3.20. The quantitative estimate of drug-likeness (QED) is 0.621. The molecule has 1 amide bonds. The van der Waals surface area contributed by atoms with E-state index >= 15 is 0 Å². The van der Waals surface area contributed by atoms with Gasteiger partial charge in [-0.25, -0.2) is 0 Å². The second-order valence-electron chi connectivity index (χ2n) is 7.01. The summed E-state index contributed by atoms with van der Waals surface area (Å²) in [4.78, 5) is 12.8. The largest absolute Gasteiger partial charge is 0.350 e. The van der Waals surface area contributed by atoms with Crippen LogP contribution < -0.4 is 5.32 Å². The molecule has 0 aromatic carbocycles. The Kier molecular flexibility index (Phi) is 7.83. The molecule has 0 aliphatic heterocycles. The standard InChI is InChI=1S/C18H37NO/c1-9-13-17(8,10-2)16(20)19-18(11-3,12-4)15(7)14(5)6/h14-15H,9-13H2,1-8H3,(H,19,20). The summed E-state index contributed by atoms with van der Waals surface area (Å²) < 4.78 is 0.